The third kappa shape index (κ3) is 5.91. The van der Waals surface area contributed by atoms with Gasteiger partial charge in [-0.05, 0) is 49.7 Å². The van der Waals surface area contributed by atoms with Crippen LogP contribution in [-0.4, -0.2) is 48.8 Å². The summed E-state index contributed by atoms with van der Waals surface area (Å²) >= 11 is 3.61. The van der Waals surface area contributed by atoms with Gasteiger partial charge in [0, 0.05) is 35.9 Å². The second-order valence-electron chi connectivity index (χ2n) is 7.00. The molecule has 0 saturated carbocycles. The van der Waals surface area contributed by atoms with Gasteiger partial charge in [-0.25, -0.2) is 0 Å². The van der Waals surface area contributed by atoms with E-state index in [1.807, 2.05) is 18.2 Å². The van der Waals surface area contributed by atoms with Gasteiger partial charge in [0.1, 0.15) is 0 Å². The van der Waals surface area contributed by atoms with Crippen molar-refractivity contribution in [2.75, 3.05) is 32.5 Å². The fourth-order valence-corrected chi connectivity index (χ4v) is 3.70. The van der Waals surface area contributed by atoms with Gasteiger partial charge in [0.25, 0.3) is 5.91 Å². The fraction of sp³-hybridized carbons (Fsp3) is 0.364. The number of carbonyl (C=O) groups is 2. The molecule has 0 saturated heterocycles. The zero-order valence-corrected chi connectivity index (χ0v) is 18.5. The molecule has 2 aromatic carbocycles. The van der Waals surface area contributed by atoms with Crippen LogP contribution in [0.5, 0.6) is 0 Å². The molecule has 0 heterocycles. The highest BCUT2D eigenvalue weighted by Crippen LogP contribution is 2.27. The number of anilines is 1. The van der Waals surface area contributed by atoms with Crippen LogP contribution in [0.2, 0.25) is 0 Å². The van der Waals surface area contributed by atoms with Crippen LogP contribution >= 0.6 is 15.9 Å². The lowest BCUT2D eigenvalue weighted by Crippen LogP contribution is -2.36. The Balaban J connectivity index is 2.10. The average molecular weight is 446 g/mol. The van der Waals surface area contributed by atoms with E-state index in [2.05, 4.69) is 46.1 Å². The summed E-state index contributed by atoms with van der Waals surface area (Å²) in [5.74, 6) is -0.187. The molecule has 0 spiro atoms. The first kappa shape index (κ1) is 22.1. The summed E-state index contributed by atoms with van der Waals surface area (Å²) in [4.78, 5) is 28.5. The number of hydrogen-bond acceptors (Lipinski definition) is 3. The lowest BCUT2D eigenvalue weighted by atomic mass is 10.1. The van der Waals surface area contributed by atoms with Crippen molar-refractivity contribution >= 4 is 33.4 Å². The van der Waals surface area contributed by atoms with E-state index in [9.17, 15) is 9.59 Å². The third-order valence-corrected chi connectivity index (χ3v) is 5.28. The monoisotopic (exact) mass is 445 g/mol. The zero-order chi connectivity index (χ0) is 20.7. The lowest BCUT2D eigenvalue weighted by molar-refractivity contribution is -0.117. The molecule has 6 heteroatoms. The predicted molar refractivity (Wildman–Crippen MR) is 118 cm³/mol. The molecule has 150 valence electrons. The van der Waals surface area contributed by atoms with E-state index < -0.39 is 0 Å². The van der Waals surface area contributed by atoms with Gasteiger partial charge >= 0.3 is 0 Å². The van der Waals surface area contributed by atoms with Crippen molar-refractivity contribution in [2.24, 2.45) is 0 Å². The number of nitrogens with one attached hydrogen (secondary N) is 1. The molecule has 0 aliphatic carbocycles. The Kier molecular flexibility index (Phi) is 8.20. The van der Waals surface area contributed by atoms with Crippen LogP contribution in [0.4, 0.5) is 5.69 Å². The van der Waals surface area contributed by atoms with E-state index in [4.69, 9.17) is 0 Å². The number of carbonyl (C=O) groups excluding carboxylic acids is 2. The van der Waals surface area contributed by atoms with E-state index in [0.29, 0.717) is 11.3 Å². The maximum atomic E-state index is 12.7. The summed E-state index contributed by atoms with van der Waals surface area (Å²) in [5, 5.41) is 2.92. The number of hydrogen-bond donors (Lipinski definition) is 1. The van der Waals surface area contributed by atoms with Crippen molar-refractivity contribution < 1.29 is 9.59 Å². The standard InChI is InChI=1S/C22H28BrN3O2/c1-5-13-26(16(2)19-11-6-7-12-20(19)23)15-21(27)24-18-10-8-9-17(14-18)22(28)25(3)4/h6-12,14,16H,5,13,15H2,1-4H3,(H,24,27). The largest absolute Gasteiger partial charge is 0.345 e. The average Bonchev–Trinajstić information content (AvgIpc) is 2.67. The van der Waals surface area contributed by atoms with Gasteiger partial charge in [0.05, 0.1) is 6.54 Å². The van der Waals surface area contributed by atoms with Gasteiger partial charge in [-0.3, -0.25) is 14.5 Å². The number of nitrogens with zero attached hydrogens (tertiary/aromatic N) is 2. The minimum atomic E-state index is -0.0956. The second kappa shape index (κ2) is 10.4. The molecule has 0 aliphatic rings. The first-order chi connectivity index (χ1) is 13.3. The van der Waals surface area contributed by atoms with E-state index >= 15 is 0 Å². The molecular weight excluding hydrogens is 418 g/mol. The van der Waals surface area contributed by atoms with Crippen molar-refractivity contribution in [1.82, 2.24) is 9.80 Å². The minimum absolute atomic E-state index is 0.0914. The Morgan fingerprint density at radius 3 is 2.46 bits per heavy atom. The lowest BCUT2D eigenvalue weighted by Gasteiger charge is -2.29. The maximum Gasteiger partial charge on any atom is 0.253 e. The number of halogens is 1. The third-order valence-electron chi connectivity index (χ3n) is 4.56. The van der Waals surface area contributed by atoms with Crippen LogP contribution in [0.15, 0.2) is 53.0 Å². The Morgan fingerprint density at radius 2 is 1.82 bits per heavy atom. The summed E-state index contributed by atoms with van der Waals surface area (Å²) in [6.45, 7) is 5.31. The maximum absolute atomic E-state index is 12.7. The molecule has 1 unspecified atom stereocenters. The topological polar surface area (TPSA) is 52.7 Å². The number of rotatable bonds is 8. The molecule has 2 aromatic rings. The molecule has 0 aliphatic heterocycles. The molecule has 0 radical (unpaired) electrons. The number of benzene rings is 2. The Morgan fingerprint density at radius 1 is 1.11 bits per heavy atom. The van der Waals surface area contributed by atoms with E-state index in [0.717, 1.165) is 23.0 Å². The minimum Gasteiger partial charge on any atom is -0.345 e. The molecule has 1 N–H and O–H groups in total. The van der Waals surface area contributed by atoms with Gasteiger partial charge in [-0.2, -0.15) is 0 Å². The zero-order valence-electron chi connectivity index (χ0n) is 16.9. The van der Waals surface area contributed by atoms with Crippen LogP contribution in [0.3, 0.4) is 0 Å². The van der Waals surface area contributed by atoms with Crippen molar-refractivity contribution in [1.29, 1.82) is 0 Å². The number of amides is 2. The van der Waals surface area contributed by atoms with E-state index in [1.165, 1.54) is 4.90 Å². The summed E-state index contributed by atoms with van der Waals surface area (Å²) in [5.41, 5.74) is 2.33. The molecule has 5 nitrogen and oxygen atoms in total. The van der Waals surface area contributed by atoms with E-state index in [1.54, 1.807) is 38.4 Å². The van der Waals surface area contributed by atoms with Crippen molar-refractivity contribution in [2.45, 2.75) is 26.3 Å². The summed E-state index contributed by atoms with van der Waals surface area (Å²) < 4.78 is 1.04. The Hall–Kier alpha value is -2.18. The molecule has 0 bridgehead atoms. The second-order valence-corrected chi connectivity index (χ2v) is 7.85. The molecule has 28 heavy (non-hydrogen) atoms. The fourth-order valence-electron chi connectivity index (χ4n) is 3.08. The quantitative estimate of drug-likeness (QED) is 0.647. The van der Waals surface area contributed by atoms with Crippen LogP contribution in [0, 0.1) is 0 Å². The van der Waals surface area contributed by atoms with Gasteiger partial charge in [0.2, 0.25) is 5.91 Å². The van der Waals surface area contributed by atoms with Gasteiger partial charge in [-0.1, -0.05) is 47.1 Å². The highest BCUT2D eigenvalue weighted by Gasteiger charge is 2.20. The van der Waals surface area contributed by atoms with Crippen LogP contribution in [0.1, 0.15) is 42.2 Å². The van der Waals surface area contributed by atoms with Crippen molar-refractivity contribution in [3.8, 4) is 0 Å². The smallest absolute Gasteiger partial charge is 0.253 e. The first-order valence-corrected chi connectivity index (χ1v) is 10.2. The normalized spacial score (nSPS) is 11.9. The van der Waals surface area contributed by atoms with Gasteiger partial charge in [-0.15, -0.1) is 0 Å². The summed E-state index contributed by atoms with van der Waals surface area (Å²) in [6, 6.07) is 15.2. The molecular formula is C22H28BrN3O2. The Bertz CT molecular complexity index is 823. The molecule has 2 rings (SSSR count). The molecule has 1 atom stereocenters. The van der Waals surface area contributed by atoms with Crippen LogP contribution < -0.4 is 5.32 Å². The summed E-state index contributed by atoms with van der Waals surface area (Å²) in [7, 11) is 3.42. The predicted octanol–water partition coefficient (Wildman–Crippen LogP) is 4.56. The highest BCUT2D eigenvalue weighted by atomic mass is 79.9. The highest BCUT2D eigenvalue weighted by molar-refractivity contribution is 9.10. The first-order valence-electron chi connectivity index (χ1n) is 9.43. The van der Waals surface area contributed by atoms with Crippen molar-refractivity contribution in [3.63, 3.8) is 0 Å². The van der Waals surface area contributed by atoms with E-state index in [-0.39, 0.29) is 24.4 Å². The molecule has 0 aromatic heterocycles. The van der Waals surface area contributed by atoms with Gasteiger partial charge in [0.15, 0.2) is 0 Å². The SMILES string of the molecule is CCCN(CC(=O)Nc1cccc(C(=O)N(C)C)c1)C(C)c1ccccc1Br. The summed E-state index contributed by atoms with van der Waals surface area (Å²) in [6.07, 6.45) is 0.953. The van der Waals surface area contributed by atoms with Crippen molar-refractivity contribution in [3.05, 3.63) is 64.1 Å². The van der Waals surface area contributed by atoms with Gasteiger partial charge < -0.3 is 10.2 Å². The molecule has 2 amide bonds. The van der Waals surface area contributed by atoms with Crippen LogP contribution in [0.25, 0.3) is 0 Å². The van der Waals surface area contributed by atoms with Crippen LogP contribution in [-0.2, 0) is 4.79 Å². The molecule has 0 fully saturated rings. The Labute approximate surface area is 175 Å².